The van der Waals surface area contributed by atoms with Crippen molar-refractivity contribution in [1.82, 2.24) is 0 Å². The minimum absolute atomic E-state index is 0.0883. The minimum atomic E-state index is -2.88. The Morgan fingerprint density at radius 3 is 2.33 bits per heavy atom. The SMILES string of the molecule is CC(C)(C(=O)CC1CCCCC1)C(N=N)[SH](=O)=O. The van der Waals surface area contributed by atoms with Gasteiger partial charge in [0.1, 0.15) is 5.78 Å². The molecule has 1 unspecified atom stereocenters. The van der Waals surface area contributed by atoms with Gasteiger partial charge in [0.15, 0.2) is 16.1 Å². The topological polar surface area (TPSA) is 87.4 Å². The summed E-state index contributed by atoms with van der Waals surface area (Å²) in [5, 5.41) is 1.87. The van der Waals surface area contributed by atoms with Crippen molar-refractivity contribution in [3.05, 3.63) is 0 Å². The van der Waals surface area contributed by atoms with E-state index in [2.05, 4.69) is 5.11 Å². The van der Waals surface area contributed by atoms with Gasteiger partial charge < -0.3 is 0 Å². The predicted molar refractivity (Wildman–Crippen MR) is 69.2 cm³/mol. The van der Waals surface area contributed by atoms with Gasteiger partial charge in [-0.1, -0.05) is 32.1 Å². The summed E-state index contributed by atoms with van der Waals surface area (Å²) in [7, 11) is -2.88. The first-order valence-corrected chi connectivity index (χ1v) is 7.67. The lowest BCUT2D eigenvalue weighted by Crippen LogP contribution is -2.38. The molecule has 0 aromatic carbocycles. The van der Waals surface area contributed by atoms with E-state index in [1.807, 2.05) is 0 Å². The first-order valence-electron chi connectivity index (χ1n) is 6.43. The molecule has 0 aromatic heterocycles. The van der Waals surface area contributed by atoms with Gasteiger partial charge in [-0.3, -0.25) is 4.79 Å². The second-order valence-corrected chi connectivity index (χ2v) is 6.70. The number of Topliss-reactive ketones (excluding diaryl/α,β-unsaturated/α-hetero) is 1. The van der Waals surface area contributed by atoms with E-state index >= 15 is 0 Å². The van der Waals surface area contributed by atoms with E-state index < -0.39 is 21.5 Å². The van der Waals surface area contributed by atoms with Crippen LogP contribution in [0.3, 0.4) is 0 Å². The molecule has 0 aliphatic heterocycles. The summed E-state index contributed by atoms with van der Waals surface area (Å²) in [6, 6.07) is 0. The van der Waals surface area contributed by atoms with Gasteiger partial charge in [0.2, 0.25) is 0 Å². The number of carbonyl (C=O) groups excluding carboxylic acids is 1. The van der Waals surface area contributed by atoms with Crippen molar-refractivity contribution >= 4 is 16.5 Å². The van der Waals surface area contributed by atoms with Crippen LogP contribution < -0.4 is 0 Å². The van der Waals surface area contributed by atoms with Crippen LogP contribution >= 0.6 is 0 Å². The van der Waals surface area contributed by atoms with E-state index in [1.54, 1.807) is 13.8 Å². The molecule has 0 spiro atoms. The number of hydrogen-bond acceptors (Lipinski definition) is 5. The van der Waals surface area contributed by atoms with Gasteiger partial charge in [-0.2, -0.15) is 5.11 Å². The van der Waals surface area contributed by atoms with Crippen molar-refractivity contribution in [2.24, 2.45) is 16.4 Å². The molecule has 0 radical (unpaired) electrons. The second-order valence-electron chi connectivity index (χ2n) is 5.64. The molecular weight excluding hydrogens is 252 g/mol. The Balaban J connectivity index is 2.70. The molecule has 6 heteroatoms. The summed E-state index contributed by atoms with van der Waals surface area (Å²) in [4.78, 5) is 12.2. The highest BCUT2D eigenvalue weighted by molar-refractivity contribution is 7.73. The van der Waals surface area contributed by atoms with Crippen LogP contribution in [0, 0.1) is 16.9 Å². The largest absolute Gasteiger partial charge is 0.299 e. The first kappa shape index (κ1) is 15.3. The molecule has 5 nitrogen and oxygen atoms in total. The van der Waals surface area contributed by atoms with Gasteiger partial charge in [-0.15, -0.1) is 0 Å². The Hall–Kier alpha value is -0.780. The number of rotatable bonds is 6. The summed E-state index contributed by atoms with van der Waals surface area (Å²) < 4.78 is 22.1. The number of nitrogens with one attached hydrogen (secondary N) is 1. The third-order valence-electron chi connectivity index (χ3n) is 3.88. The van der Waals surface area contributed by atoms with Crippen LogP contribution in [0.1, 0.15) is 52.4 Å². The molecule has 1 aliphatic rings. The Bertz CT molecular complexity index is 377. The van der Waals surface area contributed by atoms with E-state index in [9.17, 15) is 13.2 Å². The van der Waals surface area contributed by atoms with E-state index in [4.69, 9.17) is 5.53 Å². The van der Waals surface area contributed by atoms with Crippen LogP contribution in [0.25, 0.3) is 0 Å². The highest BCUT2D eigenvalue weighted by Crippen LogP contribution is 2.33. The quantitative estimate of drug-likeness (QED) is 0.576. The molecule has 0 aromatic rings. The van der Waals surface area contributed by atoms with Crippen molar-refractivity contribution < 1.29 is 13.2 Å². The van der Waals surface area contributed by atoms with Crippen molar-refractivity contribution in [2.75, 3.05) is 0 Å². The molecule has 104 valence electrons. The standard InChI is InChI=1S/C12H22N2O3S/c1-12(2,11(14-13)18(16)17)10(15)8-9-6-4-3-5-7-9/h9,11,13,18H,3-8H2,1-2H3. The van der Waals surface area contributed by atoms with Gasteiger partial charge in [-0.05, 0) is 19.8 Å². The molecule has 1 N–H and O–H groups in total. The van der Waals surface area contributed by atoms with E-state index in [-0.39, 0.29) is 5.78 Å². The molecule has 1 atom stereocenters. The number of thiol groups is 1. The van der Waals surface area contributed by atoms with Gasteiger partial charge >= 0.3 is 0 Å². The van der Waals surface area contributed by atoms with Gasteiger partial charge in [0.05, 0.1) is 5.41 Å². The van der Waals surface area contributed by atoms with Gasteiger partial charge in [0, 0.05) is 6.42 Å². The zero-order valence-corrected chi connectivity index (χ0v) is 11.9. The van der Waals surface area contributed by atoms with Crippen molar-refractivity contribution in [3.63, 3.8) is 0 Å². The Morgan fingerprint density at radius 2 is 1.89 bits per heavy atom. The lowest BCUT2D eigenvalue weighted by atomic mass is 9.78. The molecule has 0 heterocycles. The summed E-state index contributed by atoms with van der Waals surface area (Å²) in [5.41, 5.74) is 5.86. The zero-order chi connectivity index (χ0) is 13.8. The monoisotopic (exact) mass is 274 g/mol. The Labute approximate surface area is 110 Å². The van der Waals surface area contributed by atoms with Crippen molar-refractivity contribution in [1.29, 1.82) is 5.53 Å². The molecule has 1 saturated carbocycles. The number of nitrogens with zero attached hydrogens (tertiary/aromatic N) is 1. The highest BCUT2D eigenvalue weighted by atomic mass is 32.2. The summed E-state index contributed by atoms with van der Waals surface area (Å²) in [6.45, 7) is 3.15. The van der Waals surface area contributed by atoms with Crippen LogP contribution in [-0.2, 0) is 15.5 Å². The fourth-order valence-electron chi connectivity index (χ4n) is 2.53. The minimum Gasteiger partial charge on any atom is -0.299 e. The average Bonchev–Trinajstić information content (AvgIpc) is 2.30. The van der Waals surface area contributed by atoms with Crippen molar-refractivity contribution in [3.8, 4) is 0 Å². The molecule has 0 amide bonds. The van der Waals surface area contributed by atoms with E-state index in [0.29, 0.717) is 12.3 Å². The number of ketones is 1. The molecule has 1 aliphatic carbocycles. The first-order chi connectivity index (χ1) is 8.39. The fourth-order valence-corrected chi connectivity index (χ4v) is 3.30. The predicted octanol–water partition coefficient (Wildman–Crippen LogP) is 2.52. The van der Waals surface area contributed by atoms with Gasteiger partial charge in [0.25, 0.3) is 0 Å². The molecule has 1 rings (SSSR count). The highest BCUT2D eigenvalue weighted by Gasteiger charge is 2.39. The lowest BCUT2D eigenvalue weighted by Gasteiger charge is -2.28. The Morgan fingerprint density at radius 1 is 1.33 bits per heavy atom. The van der Waals surface area contributed by atoms with Crippen LogP contribution in [0.4, 0.5) is 0 Å². The van der Waals surface area contributed by atoms with Gasteiger partial charge in [-0.25, -0.2) is 13.9 Å². The Kier molecular flexibility index (Phi) is 5.44. The maximum absolute atomic E-state index is 12.2. The molecular formula is C12H22N2O3S. The number of hydrogen-bond donors (Lipinski definition) is 2. The van der Waals surface area contributed by atoms with Crippen LogP contribution in [0.15, 0.2) is 5.11 Å². The maximum atomic E-state index is 12.2. The third kappa shape index (κ3) is 3.60. The summed E-state index contributed by atoms with van der Waals surface area (Å²) >= 11 is 0. The molecule has 0 bridgehead atoms. The van der Waals surface area contributed by atoms with Crippen LogP contribution in [0.5, 0.6) is 0 Å². The normalized spacial score (nSPS) is 19.7. The second kappa shape index (κ2) is 6.41. The van der Waals surface area contributed by atoms with E-state index in [0.717, 1.165) is 25.7 Å². The molecule has 18 heavy (non-hydrogen) atoms. The van der Waals surface area contributed by atoms with Crippen LogP contribution in [-0.4, -0.2) is 19.6 Å². The maximum Gasteiger partial charge on any atom is 0.181 e. The lowest BCUT2D eigenvalue weighted by molar-refractivity contribution is -0.128. The van der Waals surface area contributed by atoms with Crippen LogP contribution in [0.2, 0.25) is 0 Å². The zero-order valence-electron chi connectivity index (χ0n) is 11.0. The van der Waals surface area contributed by atoms with Crippen molar-refractivity contribution in [2.45, 2.75) is 57.7 Å². The third-order valence-corrected chi connectivity index (χ3v) is 5.05. The molecule has 1 fully saturated rings. The number of carbonyl (C=O) groups is 1. The summed E-state index contributed by atoms with van der Waals surface area (Å²) in [6.07, 6.45) is 6.05. The van der Waals surface area contributed by atoms with E-state index in [1.165, 1.54) is 6.42 Å². The fraction of sp³-hybridized carbons (Fsp3) is 0.917. The average molecular weight is 274 g/mol. The smallest absolute Gasteiger partial charge is 0.181 e. The summed E-state index contributed by atoms with van der Waals surface area (Å²) in [5.74, 6) is 0.288. The molecule has 0 saturated heterocycles.